The average Bonchev–Trinajstić information content (AvgIpc) is 3.28. The molecule has 8 heteroatoms. The lowest BCUT2D eigenvalue weighted by Gasteiger charge is -2.39. The summed E-state index contributed by atoms with van der Waals surface area (Å²) in [6.45, 7) is 1.66. The van der Waals surface area contributed by atoms with Crippen LogP contribution in [0.2, 0.25) is 0 Å². The van der Waals surface area contributed by atoms with Gasteiger partial charge in [0.2, 0.25) is 12.3 Å². The number of rotatable bonds is 5. The summed E-state index contributed by atoms with van der Waals surface area (Å²) in [4.78, 5) is 20.6. The van der Waals surface area contributed by atoms with Gasteiger partial charge in [-0.3, -0.25) is 9.69 Å². The Morgan fingerprint density at radius 1 is 1.33 bits per heavy atom. The SMILES string of the molecule is NC(=O)C[C@H]1CCc2sc3nccc(O[C@H]4CC[C@H](N5CCO[C@H](F)C5)CC4)c3c21. The van der Waals surface area contributed by atoms with Gasteiger partial charge in [-0.2, -0.15) is 0 Å². The Morgan fingerprint density at radius 2 is 2.17 bits per heavy atom. The highest BCUT2D eigenvalue weighted by molar-refractivity contribution is 7.19. The lowest BCUT2D eigenvalue weighted by molar-refractivity contribution is -0.118. The maximum Gasteiger partial charge on any atom is 0.218 e. The molecule has 0 radical (unpaired) electrons. The molecule has 1 saturated carbocycles. The quantitative estimate of drug-likeness (QED) is 0.781. The van der Waals surface area contributed by atoms with E-state index in [0.29, 0.717) is 25.6 Å². The van der Waals surface area contributed by atoms with Gasteiger partial charge < -0.3 is 15.2 Å². The second-order valence-corrected chi connectivity index (χ2v) is 9.74. The molecule has 2 fully saturated rings. The number of alkyl halides is 1. The minimum absolute atomic E-state index is 0.153. The van der Waals surface area contributed by atoms with Crippen molar-refractivity contribution in [2.75, 3.05) is 19.7 Å². The summed E-state index contributed by atoms with van der Waals surface area (Å²) < 4.78 is 25.1. The largest absolute Gasteiger partial charge is 0.490 e. The molecule has 0 bridgehead atoms. The number of thiophene rings is 1. The van der Waals surface area contributed by atoms with Crippen LogP contribution < -0.4 is 10.5 Å². The first-order valence-electron chi connectivity index (χ1n) is 10.9. The molecule has 1 saturated heterocycles. The normalized spacial score (nSPS) is 29.8. The molecule has 1 aliphatic heterocycles. The third kappa shape index (κ3) is 3.92. The molecule has 3 heterocycles. The molecular formula is C22H28FN3O3S. The van der Waals surface area contributed by atoms with Gasteiger partial charge in [-0.05, 0) is 56.1 Å². The van der Waals surface area contributed by atoms with Crippen LogP contribution in [0.25, 0.3) is 10.2 Å². The number of ether oxygens (including phenoxy) is 2. The van der Waals surface area contributed by atoms with Crippen LogP contribution in [-0.4, -0.2) is 54.0 Å². The van der Waals surface area contributed by atoms with Gasteiger partial charge >= 0.3 is 0 Å². The zero-order valence-corrected chi connectivity index (χ0v) is 17.8. The number of nitrogens with zero attached hydrogens (tertiary/aromatic N) is 2. The Kier molecular flexibility index (Phi) is 5.64. The summed E-state index contributed by atoms with van der Waals surface area (Å²) >= 11 is 1.72. The molecule has 0 unspecified atom stereocenters. The number of amides is 1. The van der Waals surface area contributed by atoms with E-state index in [0.717, 1.165) is 61.0 Å². The van der Waals surface area contributed by atoms with Crippen LogP contribution >= 0.6 is 11.3 Å². The molecule has 6 nitrogen and oxygen atoms in total. The Labute approximate surface area is 179 Å². The first-order chi connectivity index (χ1) is 14.6. The van der Waals surface area contributed by atoms with Gasteiger partial charge in [0, 0.05) is 30.1 Å². The molecule has 2 atom stereocenters. The number of carbonyl (C=O) groups is 1. The molecule has 5 rings (SSSR count). The van der Waals surface area contributed by atoms with E-state index in [1.54, 1.807) is 11.3 Å². The molecule has 162 valence electrons. The second kappa shape index (κ2) is 8.40. The zero-order valence-electron chi connectivity index (χ0n) is 17.0. The summed E-state index contributed by atoms with van der Waals surface area (Å²) in [6, 6.07) is 2.37. The number of carbonyl (C=O) groups excluding carboxylic acids is 1. The highest BCUT2D eigenvalue weighted by Gasteiger charge is 2.33. The molecular weight excluding hydrogens is 405 g/mol. The van der Waals surface area contributed by atoms with E-state index >= 15 is 0 Å². The van der Waals surface area contributed by atoms with Crippen molar-refractivity contribution < 1.29 is 18.7 Å². The number of primary amides is 1. The summed E-state index contributed by atoms with van der Waals surface area (Å²) in [5.74, 6) is 0.798. The molecule has 30 heavy (non-hydrogen) atoms. The maximum absolute atomic E-state index is 13.6. The fourth-order valence-electron chi connectivity index (χ4n) is 5.34. The molecule has 0 spiro atoms. The van der Waals surface area contributed by atoms with E-state index in [-0.39, 0.29) is 17.9 Å². The van der Waals surface area contributed by atoms with Crippen LogP contribution in [0, 0.1) is 0 Å². The van der Waals surface area contributed by atoms with E-state index in [9.17, 15) is 9.18 Å². The molecule has 2 aliphatic carbocycles. The van der Waals surface area contributed by atoms with E-state index < -0.39 is 6.36 Å². The number of hydrogen-bond donors (Lipinski definition) is 1. The number of aryl methyl sites for hydroxylation is 1. The van der Waals surface area contributed by atoms with Crippen LogP contribution in [0.3, 0.4) is 0 Å². The van der Waals surface area contributed by atoms with E-state index in [2.05, 4.69) is 9.88 Å². The van der Waals surface area contributed by atoms with Crippen molar-refractivity contribution in [3.05, 3.63) is 22.7 Å². The lowest BCUT2D eigenvalue weighted by Crippen LogP contribution is -2.48. The standard InChI is InChI=1S/C22H28FN3O3S/c23-18-12-26(9-10-28-18)14-2-4-15(5-3-14)29-16-7-8-25-22-21(16)20-13(11-19(24)27)1-6-17(20)30-22/h7-8,13-15,18H,1-6,9-12H2,(H2,24,27)/t13-,14-,15-,18+/m1/s1. The first-order valence-corrected chi connectivity index (χ1v) is 11.7. The van der Waals surface area contributed by atoms with Crippen molar-refractivity contribution in [3.63, 3.8) is 0 Å². The van der Waals surface area contributed by atoms with Crippen LogP contribution in [0.1, 0.15) is 54.9 Å². The Bertz CT molecular complexity index is 928. The van der Waals surface area contributed by atoms with Crippen LogP contribution in [0.5, 0.6) is 5.75 Å². The molecule has 2 aromatic heterocycles. The maximum atomic E-state index is 13.6. The Balaban J connectivity index is 1.30. The van der Waals surface area contributed by atoms with Crippen molar-refractivity contribution in [3.8, 4) is 5.75 Å². The molecule has 0 aromatic carbocycles. The number of nitrogens with two attached hydrogens (primary N) is 1. The highest BCUT2D eigenvalue weighted by Crippen LogP contribution is 2.48. The van der Waals surface area contributed by atoms with Crippen molar-refractivity contribution in [2.24, 2.45) is 5.73 Å². The van der Waals surface area contributed by atoms with Crippen molar-refractivity contribution in [2.45, 2.75) is 69.4 Å². The Hall–Kier alpha value is -1.77. The van der Waals surface area contributed by atoms with Gasteiger partial charge in [0.05, 0.1) is 24.6 Å². The van der Waals surface area contributed by atoms with Crippen molar-refractivity contribution in [1.29, 1.82) is 0 Å². The number of fused-ring (bicyclic) bond motifs is 3. The van der Waals surface area contributed by atoms with Crippen LogP contribution in [-0.2, 0) is 16.0 Å². The predicted octanol–water partition coefficient (Wildman–Crippen LogP) is 3.52. The number of morpholine rings is 1. The van der Waals surface area contributed by atoms with E-state index in [4.69, 9.17) is 15.2 Å². The zero-order chi connectivity index (χ0) is 20.7. The summed E-state index contributed by atoms with van der Waals surface area (Å²) in [6.07, 6.45) is 7.07. The van der Waals surface area contributed by atoms with Gasteiger partial charge in [-0.15, -0.1) is 11.3 Å². The fourth-order valence-corrected chi connectivity index (χ4v) is 6.60. The summed E-state index contributed by atoms with van der Waals surface area (Å²) in [5.41, 5.74) is 6.72. The highest BCUT2D eigenvalue weighted by atomic mass is 32.1. The van der Waals surface area contributed by atoms with Gasteiger partial charge in [0.25, 0.3) is 0 Å². The van der Waals surface area contributed by atoms with Crippen molar-refractivity contribution in [1.82, 2.24) is 9.88 Å². The predicted molar refractivity (Wildman–Crippen MR) is 114 cm³/mol. The van der Waals surface area contributed by atoms with E-state index in [1.165, 1.54) is 10.4 Å². The third-order valence-corrected chi connectivity index (χ3v) is 7.93. The van der Waals surface area contributed by atoms with Gasteiger partial charge in [-0.1, -0.05) is 0 Å². The smallest absolute Gasteiger partial charge is 0.218 e. The minimum atomic E-state index is -1.16. The van der Waals surface area contributed by atoms with Gasteiger partial charge in [0.15, 0.2) is 0 Å². The lowest BCUT2D eigenvalue weighted by atomic mass is 9.91. The summed E-state index contributed by atoms with van der Waals surface area (Å²) in [7, 11) is 0. The minimum Gasteiger partial charge on any atom is -0.490 e. The molecule has 2 N–H and O–H groups in total. The molecule has 1 amide bonds. The number of halogens is 1. The molecule has 3 aliphatic rings. The summed E-state index contributed by atoms with van der Waals surface area (Å²) in [5, 5.41) is 1.08. The topological polar surface area (TPSA) is 77.7 Å². The van der Waals surface area contributed by atoms with Crippen LogP contribution in [0.4, 0.5) is 4.39 Å². The van der Waals surface area contributed by atoms with Gasteiger partial charge in [0.1, 0.15) is 10.6 Å². The van der Waals surface area contributed by atoms with Gasteiger partial charge in [-0.25, -0.2) is 9.37 Å². The Morgan fingerprint density at radius 3 is 2.93 bits per heavy atom. The third-order valence-electron chi connectivity index (χ3n) is 6.75. The average molecular weight is 434 g/mol. The van der Waals surface area contributed by atoms with E-state index in [1.807, 2.05) is 12.3 Å². The van der Waals surface area contributed by atoms with Crippen molar-refractivity contribution >= 4 is 27.5 Å². The number of hydrogen-bond acceptors (Lipinski definition) is 6. The monoisotopic (exact) mass is 433 g/mol. The fraction of sp³-hybridized carbons (Fsp3) is 0.636. The number of pyridine rings is 1. The molecule has 2 aromatic rings. The van der Waals surface area contributed by atoms with Crippen LogP contribution in [0.15, 0.2) is 12.3 Å². The number of aromatic nitrogens is 1. The second-order valence-electron chi connectivity index (χ2n) is 8.66. The first kappa shape index (κ1) is 20.2.